The van der Waals surface area contributed by atoms with E-state index in [-0.39, 0.29) is 5.92 Å². The van der Waals surface area contributed by atoms with E-state index in [1.165, 1.54) is 6.08 Å². The van der Waals surface area contributed by atoms with E-state index in [2.05, 4.69) is 10.4 Å². The molecule has 0 aliphatic heterocycles. The number of anilines is 1. The monoisotopic (exact) mass is 293 g/mol. The summed E-state index contributed by atoms with van der Waals surface area (Å²) in [5.74, 6) is -0.0827. The minimum Gasteiger partial charge on any atom is -0.388 e. The molecule has 1 aliphatic carbocycles. The van der Waals surface area contributed by atoms with Crippen molar-refractivity contribution in [3.8, 4) is 0 Å². The molecule has 1 N–H and O–H groups in total. The second-order valence-corrected chi connectivity index (χ2v) is 4.95. The van der Waals surface area contributed by atoms with E-state index in [1.54, 1.807) is 16.8 Å². The van der Waals surface area contributed by atoms with Gasteiger partial charge in [-0.15, -0.1) is 0 Å². The van der Waals surface area contributed by atoms with Crippen LogP contribution in [0.1, 0.15) is 17.9 Å². The molecule has 0 saturated heterocycles. The summed E-state index contributed by atoms with van der Waals surface area (Å²) < 4.78 is 39.6. The Kier molecular flexibility index (Phi) is 3.23. The Balaban J connectivity index is 1.93. The summed E-state index contributed by atoms with van der Waals surface area (Å²) in [5, 5.41) is 7.30. The van der Waals surface area contributed by atoms with Crippen LogP contribution in [-0.4, -0.2) is 22.8 Å². The number of nitrogens with zero attached hydrogens (tertiary/aromatic N) is 2. The number of hydrogen-bond acceptors (Lipinski definition) is 2. The SMILES string of the molecule is CNc1ccn2ncc(C3C=CC(C(F)(F)F)=CC3)c2c1. The van der Waals surface area contributed by atoms with E-state index in [0.29, 0.717) is 6.42 Å². The minimum absolute atomic E-state index is 0.0827. The molecule has 1 atom stereocenters. The molecular formula is C15H14F3N3. The maximum absolute atomic E-state index is 12.6. The van der Waals surface area contributed by atoms with E-state index >= 15 is 0 Å². The van der Waals surface area contributed by atoms with E-state index in [9.17, 15) is 13.2 Å². The fraction of sp³-hybridized carbons (Fsp3) is 0.267. The van der Waals surface area contributed by atoms with Crippen molar-refractivity contribution >= 4 is 11.2 Å². The van der Waals surface area contributed by atoms with Gasteiger partial charge >= 0.3 is 6.18 Å². The minimum atomic E-state index is -4.28. The van der Waals surface area contributed by atoms with Gasteiger partial charge in [-0.1, -0.05) is 18.2 Å². The van der Waals surface area contributed by atoms with Gasteiger partial charge in [-0.25, -0.2) is 4.52 Å². The molecule has 0 saturated carbocycles. The molecule has 2 aromatic rings. The quantitative estimate of drug-likeness (QED) is 0.909. The lowest BCUT2D eigenvalue weighted by Crippen LogP contribution is -2.13. The first kappa shape index (κ1) is 13.7. The van der Waals surface area contributed by atoms with Crippen molar-refractivity contribution in [2.24, 2.45) is 0 Å². The molecule has 0 aromatic carbocycles. The molecule has 3 rings (SSSR count). The van der Waals surface area contributed by atoms with Crippen molar-refractivity contribution in [1.29, 1.82) is 0 Å². The molecule has 0 spiro atoms. The third kappa shape index (κ3) is 2.53. The first-order chi connectivity index (χ1) is 9.99. The lowest BCUT2D eigenvalue weighted by molar-refractivity contribution is -0.0886. The Morgan fingerprint density at radius 1 is 1.38 bits per heavy atom. The third-order valence-corrected chi connectivity index (χ3v) is 3.67. The Labute approximate surface area is 119 Å². The van der Waals surface area contributed by atoms with Crippen LogP contribution >= 0.6 is 0 Å². The first-order valence-electron chi connectivity index (χ1n) is 6.59. The molecule has 0 amide bonds. The van der Waals surface area contributed by atoms with Gasteiger partial charge in [-0.05, 0) is 18.6 Å². The van der Waals surface area contributed by atoms with Crippen molar-refractivity contribution in [2.45, 2.75) is 18.5 Å². The highest BCUT2D eigenvalue weighted by atomic mass is 19.4. The second kappa shape index (κ2) is 4.95. The Bertz CT molecular complexity index is 725. The van der Waals surface area contributed by atoms with Crippen molar-refractivity contribution in [1.82, 2.24) is 9.61 Å². The van der Waals surface area contributed by atoms with Gasteiger partial charge in [-0.2, -0.15) is 18.3 Å². The zero-order valence-corrected chi connectivity index (χ0v) is 11.4. The average Bonchev–Trinajstić information content (AvgIpc) is 2.89. The smallest absolute Gasteiger partial charge is 0.388 e. The van der Waals surface area contributed by atoms with Crippen LogP contribution in [0.15, 0.2) is 48.3 Å². The number of fused-ring (bicyclic) bond motifs is 1. The molecule has 0 bridgehead atoms. The van der Waals surface area contributed by atoms with Gasteiger partial charge in [0.25, 0.3) is 0 Å². The summed E-state index contributed by atoms with van der Waals surface area (Å²) >= 11 is 0. The topological polar surface area (TPSA) is 29.3 Å². The summed E-state index contributed by atoms with van der Waals surface area (Å²) in [4.78, 5) is 0. The Morgan fingerprint density at radius 3 is 2.81 bits per heavy atom. The normalized spacial score (nSPS) is 18.9. The van der Waals surface area contributed by atoms with Gasteiger partial charge in [0.2, 0.25) is 0 Å². The third-order valence-electron chi connectivity index (χ3n) is 3.67. The van der Waals surface area contributed by atoms with Gasteiger partial charge in [0.05, 0.1) is 17.3 Å². The summed E-state index contributed by atoms with van der Waals surface area (Å²) in [6.07, 6.45) is 3.60. The molecular weight excluding hydrogens is 279 g/mol. The number of allylic oxidation sites excluding steroid dienone is 4. The molecule has 110 valence electrons. The predicted molar refractivity (Wildman–Crippen MR) is 75.4 cm³/mol. The standard InChI is InChI=1S/C15H14F3N3/c1-19-12-6-7-21-14(8-12)13(9-20-21)10-2-4-11(5-3-10)15(16,17)18/h2,4-10,19H,3H2,1H3. The van der Waals surface area contributed by atoms with Crippen LogP contribution in [0, 0.1) is 0 Å². The van der Waals surface area contributed by atoms with Crippen LogP contribution in [0.2, 0.25) is 0 Å². The van der Waals surface area contributed by atoms with Gasteiger partial charge in [-0.3, -0.25) is 0 Å². The molecule has 3 nitrogen and oxygen atoms in total. The van der Waals surface area contributed by atoms with E-state index in [4.69, 9.17) is 0 Å². The molecule has 2 heterocycles. The largest absolute Gasteiger partial charge is 0.416 e. The predicted octanol–water partition coefficient (Wildman–Crippen LogP) is 3.91. The summed E-state index contributed by atoms with van der Waals surface area (Å²) in [6, 6.07) is 3.83. The number of alkyl halides is 3. The van der Waals surface area contributed by atoms with E-state index in [1.807, 2.05) is 25.4 Å². The first-order valence-corrected chi connectivity index (χ1v) is 6.59. The molecule has 0 radical (unpaired) electrons. The number of rotatable bonds is 2. The molecule has 1 unspecified atom stereocenters. The van der Waals surface area contributed by atoms with Crippen LogP contribution in [0.4, 0.5) is 18.9 Å². The highest BCUT2D eigenvalue weighted by Gasteiger charge is 2.33. The molecule has 1 aliphatic rings. The van der Waals surface area contributed by atoms with Crippen molar-refractivity contribution < 1.29 is 13.2 Å². The number of pyridine rings is 1. The average molecular weight is 293 g/mol. The maximum atomic E-state index is 12.6. The summed E-state index contributed by atoms with van der Waals surface area (Å²) in [5.41, 5.74) is 2.20. The number of nitrogens with one attached hydrogen (secondary N) is 1. The lowest BCUT2D eigenvalue weighted by Gasteiger charge is -2.17. The molecule has 21 heavy (non-hydrogen) atoms. The van der Waals surface area contributed by atoms with Gasteiger partial charge < -0.3 is 5.32 Å². The van der Waals surface area contributed by atoms with Gasteiger partial charge in [0.1, 0.15) is 0 Å². The van der Waals surface area contributed by atoms with E-state index in [0.717, 1.165) is 22.8 Å². The lowest BCUT2D eigenvalue weighted by atomic mass is 9.91. The van der Waals surface area contributed by atoms with Crippen molar-refractivity contribution in [3.63, 3.8) is 0 Å². The zero-order valence-electron chi connectivity index (χ0n) is 11.4. The van der Waals surface area contributed by atoms with Crippen LogP contribution in [-0.2, 0) is 0 Å². The highest BCUT2D eigenvalue weighted by Crippen LogP contribution is 2.35. The fourth-order valence-corrected chi connectivity index (χ4v) is 2.50. The highest BCUT2D eigenvalue weighted by molar-refractivity contribution is 5.64. The number of halogens is 3. The van der Waals surface area contributed by atoms with Crippen LogP contribution in [0.5, 0.6) is 0 Å². The van der Waals surface area contributed by atoms with Crippen LogP contribution < -0.4 is 5.32 Å². The fourth-order valence-electron chi connectivity index (χ4n) is 2.50. The Morgan fingerprint density at radius 2 is 2.19 bits per heavy atom. The molecule has 2 aromatic heterocycles. The second-order valence-electron chi connectivity index (χ2n) is 4.95. The van der Waals surface area contributed by atoms with Crippen LogP contribution in [0.3, 0.4) is 0 Å². The van der Waals surface area contributed by atoms with Crippen LogP contribution in [0.25, 0.3) is 5.52 Å². The summed E-state index contributed by atoms with van der Waals surface area (Å²) in [6.45, 7) is 0. The Hall–Kier alpha value is -2.24. The number of hydrogen-bond donors (Lipinski definition) is 1. The van der Waals surface area contributed by atoms with Gasteiger partial charge in [0.15, 0.2) is 0 Å². The maximum Gasteiger partial charge on any atom is 0.416 e. The molecule has 6 heteroatoms. The zero-order chi connectivity index (χ0) is 15.0. The number of aromatic nitrogens is 2. The van der Waals surface area contributed by atoms with Crippen molar-refractivity contribution in [3.05, 3.63) is 53.9 Å². The van der Waals surface area contributed by atoms with Crippen molar-refractivity contribution in [2.75, 3.05) is 12.4 Å². The molecule has 0 fully saturated rings. The van der Waals surface area contributed by atoms with E-state index < -0.39 is 11.7 Å². The van der Waals surface area contributed by atoms with Gasteiger partial charge in [0, 0.05) is 30.4 Å². The summed E-state index contributed by atoms with van der Waals surface area (Å²) in [7, 11) is 1.82.